The summed E-state index contributed by atoms with van der Waals surface area (Å²) in [5.41, 5.74) is 3.19. The van der Waals surface area contributed by atoms with Crippen molar-refractivity contribution in [3.63, 3.8) is 0 Å². The van der Waals surface area contributed by atoms with E-state index in [4.69, 9.17) is 14.2 Å². The lowest BCUT2D eigenvalue weighted by Gasteiger charge is -2.15. The normalized spacial score (nSPS) is 10.3. The fourth-order valence-corrected chi connectivity index (χ4v) is 2.80. The van der Waals surface area contributed by atoms with Gasteiger partial charge in [0.05, 0.1) is 21.3 Å². The second-order valence-corrected chi connectivity index (χ2v) is 6.08. The molecule has 0 amide bonds. The molecule has 0 aliphatic carbocycles. The van der Waals surface area contributed by atoms with Gasteiger partial charge < -0.3 is 24.8 Å². The van der Waals surface area contributed by atoms with Crippen LogP contribution in [0.5, 0.6) is 17.2 Å². The topological polar surface area (TPSA) is 77.5 Å². The van der Waals surface area contributed by atoms with Crippen LogP contribution >= 0.6 is 0 Å². The number of aromatic nitrogens is 2. The minimum absolute atomic E-state index is 0.541. The fourth-order valence-electron chi connectivity index (χ4n) is 2.80. The summed E-state index contributed by atoms with van der Waals surface area (Å²) in [7, 11) is 4.74. The zero-order chi connectivity index (χ0) is 19.9. The smallest absolute Gasteiger partial charge is 0.224 e. The van der Waals surface area contributed by atoms with Gasteiger partial charge in [-0.25, -0.2) is 4.98 Å². The third-order valence-corrected chi connectivity index (χ3v) is 4.29. The van der Waals surface area contributed by atoms with E-state index < -0.39 is 0 Å². The number of nitrogens with one attached hydrogen (secondary N) is 2. The summed E-state index contributed by atoms with van der Waals surface area (Å²) < 4.78 is 16.1. The number of rotatable bonds is 8. The molecule has 7 nitrogen and oxygen atoms in total. The van der Waals surface area contributed by atoms with Crippen LogP contribution in [-0.4, -0.2) is 31.3 Å². The van der Waals surface area contributed by atoms with Crippen LogP contribution < -0.4 is 24.8 Å². The summed E-state index contributed by atoms with van der Waals surface area (Å²) in [5, 5.41) is 6.51. The molecule has 2 N–H and O–H groups in total. The summed E-state index contributed by atoms with van der Waals surface area (Å²) in [4.78, 5) is 8.81. The molecule has 0 spiro atoms. The van der Waals surface area contributed by atoms with E-state index in [1.807, 2.05) is 24.3 Å². The van der Waals surface area contributed by atoms with Crippen LogP contribution in [0.1, 0.15) is 11.1 Å². The predicted molar refractivity (Wildman–Crippen MR) is 110 cm³/mol. The highest BCUT2D eigenvalue weighted by molar-refractivity contribution is 5.66. The summed E-state index contributed by atoms with van der Waals surface area (Å²) in [6.07, 6.45) is 1.70. The monoisotopic (exact) mass is 380 g/mol. The molecular weight excluding hydrogens is 356 g/mol. The molecule has 0 atom stereocenters. The molecule has 146 valence electrons. The van der Waals surface area contributed by atoms with Crippen LogP contribution in [0.15, 0.2) is 48.7 Å². The van der Waals surface area contributed by atoms with E-state index in [0.717, 1.165) is 5.69 Å². The Balaban J connectivity index is 1.77. The Morgan fingerprint density at radius 2 is 1.64 bits per heavy atom. The first kappa shape index (κ1) is 19.3. The SMILES string of the molecule is COc1cc(Nc2ccnc(NCc3ccccc3C)n2)cc(OC)c1OC. The molecule has 0 aliphatic rings. The van der Waals surface area contributed by atoms with Crippen LogP contribution in [0.4, 0.5) is 17.5 Å². The standard InChI is InChI=1S/C21H24N4O3/c1-14-7-5-6-8-15(14)13-23-21-22-10-9-19(25-21)24-16-11-17(26-2)20(28-4)18(12-16)27-3/h5-12H,13H2,1-4H3,(H2,22,23,24,25). The highest BCUT2D eigenvalue weighted by Crippen LogP contribution is 2.40. The number of anilines is 3. The Bertz CT molecular complexity index is 921. The molecule has 3 rings (SSSR count). The maximum absolute atomic E-state index is 5.39. The number of hydrogen-bond acceptors (Lipinski definition) is 7. The number of benzene rings is 2. The number of ether oxygens (including phenoxy) is 3. The lowest BCUT2D eigenvalue weighted by Crippen LogP contribution is -2.06. The highest BCUT2D eigenvalue weighted by Gasteiger charge is 2.13. The maximum Gasteiger partial charge on any atom is 0.224 e. The van der Waals surface area contributed by atoms with Gasteiger partial charge in [0.1, 0.15) is 5.82 Å². The Morgan fingerprint density at radius 1 is 0.929 bits per heavy atom. The predicted octanol–water partition coefficient (Wildman–Crippen LogP) is 4.17. The summed E-state index contributed by atoms with van der Waals surface area (Å²) in [6, 6.07) is 13.7. The molecule has 0 aliphatic heterocycles. The third-order valence-electron chi connectivity index (χ3n) is 4.29. The molecule has 28 heavy (non-hydrogen) atoms. The first-order valence-corrected chi connectivity index (χ1v) is 8.83. The van der Waals surface area contributed by atoms with Gasteiger partial charge in [-0.2, -0.15) is 4.98 Å². The van der Waals surface area contributed by atoms with Crippen molar-refractivity contribution in [3.05, 3.63) is 59.8 Å². The van der Waals surface area contributed by atoms with Crippen LogP contribution in [0.3, 0.4) is 0 Å². The van der Waals surface area contributed by atoms with E-state index in [0.29, 0.717) is 35.6 Å². The van der Waals surface area contributed by atoms with Crippen molar-refractivity contribution >= 4 is 17.5 Å². The third kappa shape index (κ3) is 4.43. The van der Waals surface area contributed by atoms with Crippen molar-refractivity contribution in [3.8, 4) is 17.2 Å². The van der Waals surface area contributed by atoms with Gasteiger partial charge in [0.2, 0.25) is 11.7 Å². The van der Waals surface area contributed by atoms with E-state index >= 15 is 0 Å². The van der Waals surface area contributed by atoms with Gasteiger partial charge in [-0.05, 0) is 24.1 Å². The summed E-state index contributed by atoms with van der Waals surface area (Å²) >= 11 is 0. The molecule has 3 aromatic rings. The van der Waals surface area contributed by atoms with Crippen LogP contribution in [0.25, 0.3) is 0 Å². The van der Waals surface area contributed by atoms with Crippen molar-refractivity contribution in [2.45, 2.75) is 13.5 Å². The molecular formula is C21H24N4O3. The number of aryl methyl sites for hydroxylation is 1. The van der Waals surface area contributed by atoms with Crippen molar-refractivity contribution < 1.29 is 14.2 Å². The Kier molecular flexibility index (Phi) is 6.16. The van der Waals surface area contributed by atoms with Crippen LogP contribution in [0, 0.1) is 6.92 Å². The first-order valence-electron chi connectivity index (χ1n) is 8.83. The summed E-state index contributed by atoms with van der Waals surface area (Å²) in [6.45, 7) is 2.74. The summed E-state index contributed by atoms with van der Waals surface area (Å²) in [5.74, 6) is 2.86. The number of hydrogen-bond donors (Lipinski definition) is 2. The fraction of sp³-hybridized carbons (Fsp3) is 0.238. The van der Waals surface area contributed by atoms with Gasteiger partial charge in [0.15, 0.2) is 11.5 Å². The quantitative estimate of drug-likeness (QED) is 0.607. The molecule has 2 aromatic carbocycles. The van der Waals surface area contributed by atoms with Crippen molar-refractivity contribution in [2.24, 2.45) is 0 Å². The van der Waals surface area contributed by atoms with Crippen LogP contribution in [0.2, 0.25) is 0 Å². The maximum atomic E-state index is 5.39. The number of methoxy groups -OCH3 is 3. The van der Waals surface area contributed by atoms with Gasteiger partial charge in [0, 0.05) is 30.6 Å². The molecule has 0 unspecified atom stereocenters. The van der Waals surface area contributed by atoms with Gasteiger partial charge in [0.25, 0.3) is 0 Å². The van der Waals surface area contributed by atoms with E-state index in [-0.39, 0.29) is 0 Å². The highest BCUT2D eigenvalue weighted by atomic mass is 16.5. The lowest BCUT2D eigenvalue weighted by molar-refractivity contribution is 0.324. The van der Waals surface area contributed by atoms with Gasteiger partial charge in [-0.1, -0.05) is 24.3 Å². The second kappa shape index (κ2) is 8.94. The molecule has 1 aromatic heterocycles. The molecule has 7 heteroatoms. The van der Waals surface area contributed by atoms with Crippen molar-refractivity contribution in [1.82, 2.24) is 9.97 Å². The van der Waals surface area contributed by atoms with Crippen molar-refractivity contribution in [2.75, 3.05) is 32.0 Å². The minimum atomic E-state index is 0.541. The molecule has 0 saturated carbocycles. The molecule has 1 heterocycles. The average molecular weight is 380 g/mol. The van der Waals surface area contributed by atoms with E-state index in [2.05, 4.69) is 39.7 Å². The van der Waals surface area contributed by atoms with Gasteiger partial charge in [-0.15, -0.1) is 0 Å². The molecule has 0 radical (unpaired) electrons. The second-order valence-electron chi connectivity index (χ2n) is 6.08. The van der Waals surface area contributed by atoms with E-state index in [9.17, 15) is 0 Å². The van der Waals surface area contributed by atoms with E-state index in [1.54, 1.807) is 33.6 Å². The van der Waals surface area contributed by atoms with Crippen LogP contribution in [-0.2, 0) is 6.54 Å². The zero-order valence-electron chi connectivity index (χ0n) is 16.4. The van der Waals surface area contributed by atoms with Gasteiger partial charge >= 0.3 is 0 Å². The Morgan fingerprint density at radius 3 is 2.29 bits per heavy atom. The zero-order valence-corrected chi connectivity index (χ0v) is 16.4. The Hall–Kier alpha value is -3.48. The molecule has 0 saturated heterocycles. The van der Waals surface area contributed by atoms with E-state index in [1.165, 1.54) is 11.1 Å². The minimum Gasteiger partial charge on any atom is -0.493 e. The average Bonchev–Trinajstić information content (AvgIpc) is 2.72. The molecule has 0 fully saturated rings. The van der Waals surface area contributed by atoms with Crippen molar-refractivity contribution in [1.29, 1.82) is 0 Å². The lowest BCUT2D eigenvalue weighted by atomic mass is 10.1. The first-order chi connectivity index (χ1) is 13.6. The van der Waals surface area contributed by atoms with Gasteiger partial charge in [-0.3, -0.25) is 0 Å². The number of nitrogens with zero attached hydrogens (tertiary/aromatic N) is 2. The Labute approximate surface area is 164 Å². The molecule has 0 bridgehead atoms. The largest absolute Gasteiger partial charge is 0.493 e.